The van der Waals surface area contributed by atoms with E-state index in [-0.39, 0.29) is 12.4 Å². The molecular weight excluding hydrogens is 265 g/mol. The van der Waals surface area contributed by atoms with E-state index >= 15 is 0 Å². The Balaban J connectivity index is 2.53. The van der Waals surface area contributed by atoms with Gasteiger partial charge in [-0.3, -0.25) is 0 Å². The number of aliphatic hydroxyl groups is 1. The highest BCUT2D eigenvalue weighted by Crippen LogP contribution is 2.27. The van der Waals surface area contributed by atoms with Crippen LogP contribution in [0.3, 0.4) is 0 Å². The van der Waals surface area contributed by atoms with Crippen molar-refractivity contribution in [2.24, 2.45) is 0 Å². The molecule has 1 heterocycles. The maximum Gasteiger partial charge on any atom is 0.181 e. The number of hydrogen-bond donors (Lipinski definition) is 1. The first kappa shape index (κ1) is 10.3. The Labute approximate surface area is 93.7 Å². The lowest BCUT2D eigenvalue weighted by atomic mass is 10.1. The Morgan fingerprint density at radius 2 is 2.20 bits per heavy atom. The highest BCUT2D eigenvalue weighted by atomic mass is 79.9. The lowest BCUT2D eigenvalue weighted by molar-refractivity contribution is 0.277. The number of benzene rings is 1. The normalized spacial score (nSPS) is 10.6. The van der Waals surface area contributed by atoms with Crippen molar-refractivity contribution in [1.82, 2.24) is 4.98 Å². The van der Waals surface area contributed by atoms with Gasteiger partial charge in [-0.25, -0.2) is 9.37 Å². The summed E-state index contributed by atoms with van der Waals surface area (Å²) < 4.78 is 18.8. The van der Waals surface area contributed by atoms with Crippen LogP contribution in [0.5, 0.6) is 0 Å². The van der Waals surface area contributed by atoms with E-state index in [1.807, 2.05) is 0 Å². The number of aliphatic hydroxyl groups excluding tert-OH is 1. The number of hydrogen-bond acceptors (Lipinski definition) is 3. The largest absolute Gasteiger partial charge is 0.443 e. The van der Waals surface area contributed by atoms with Crippen molar-refractivity contribution in [3.63, 3.8) is 0 Å². The summed E-state index contributed by atoms with van der Waals surface area (Å²) in [5.41, 5.74) is 0.941. The fraction of sp³-hybridized carbons (Fsp3) is 0.100. The molecule has 2 rings (SSSR count). The van der Waals surface area contributed by atoms with Gasteiger partial charge in [0.25, 0.3) is 0 Å². The van der Waals surface area contributed by atoms with E-state index in [2.05, 4.69) is 20.9 Å². The van der Waals surface area contributed by atoms with Gasteiger partial charge in [-0.05, 0) is 18.2 Å². The zero-order valence-corrected chi connectivity index (χ0v) is 9.16. The first-order valence-electron chi connectivity index (χ1n) is 4.20. The van der Waals surface area contributed by atoms with E-state index < -0.39 is 0 Å². The molecule has 0 unspecified atom stereocenters. The average molecular weight is 272 g/mol. The first-order valence-corrected chi connectivity index (χ1v) is 4.99. The van der Waals surface area contributed by atoms with Crippen molar-refractivity contribution in [3.05, 3.63) is 40.6 Å². The Morgan fingerprint density at radius 3 is 2.87 bits per heavy atom. The van der Waals surface area contributed by atoms with Crippen molar-refractivity contribution in [1.29, 1.82) is 0 Å². The molecule has 2 aromatic rings. The number of oxazole rings is 1. The smallest absolute Gasteiger partial charge is 0.181 e. The third-order valence-corrected chi connectivity index (χ3v) is 2.37. The molecule has 1 aromatic heterocycles. The van der Waals surface area contributed by atoms with Gasteiger partial charge in [0.2, 0.25) is 0 Å². The molecular formula is C10H7BrFNO2. The summed E-state index contributed by atoms with van der Waals surface area (Å²) >= 11 is 3.18. The van der Waals surface area contributed by atoms with Crippen molar-refractivity contribution in [2.45, 2.75) is 6.61 Å². The van der Waals surface area contributed by atoms with Gasteiger partial charge >= 0.3 is 0 Å². The summed E-state index contributed by atoms with van der Waals surface area (Å²) in [4.78, 5) is 3.82. The van der Waals surface area contributed by atoms with Crippen molar-refractivity contribution in [3.8, 4) is 11.3 Å². The fourth-order valence-corrected chi connectivity index (χ4v) is 1.77. The van der Waals surface area contributed by atoms with Crippen LogP contribution in [0.1, 0.15) is 5.69 Å². The Morgan fingerprint density at radius 1 is 1.40 bits per heavy atom. The summed E-state index contributed by atoms with van der Waals surface area (Å²) in [6, 6.07) is 4.37. The predicted octanol–water partition coefficient (Wildman–Crippen LogP) is 2.74. The number of rotatable bonds is 2. The lowest BCUT2D eigenvalue weighted by Gasteiger charge is -2.00. The van der Waals surface area contributed by atoms with Crippen LogP contribution in [0.15, 0.2) is 33.5 Å². The van der Waals surface area contributed by atoms with Crippen LogP contribution in [-0.2, 0) is 6.61 Å². The molecule has 0 saturated carbocycles. The molecule has 0 spiro atoms. The van der Waals surface area contributed by atoms with Crippen LogP contribution in [0.4, 0.5) is 4.39 Å². The van der Waals surface area contributed by atoms with Gasteiger partial charge in [0.1, 0.15) is 11.5 Å². The fourth-order valence-electron chi connectivity index (χ4n) is 1.30. The van der Waals surface area contributed by atoms with Crippen LogP contribution in [-0.4, -0.2) is 10.1 Å². The molecule has 5 heteroatoms. The third kappa shape index (κ3) is 2.08. The Hall–Kier alpha value is -1.20. The highest BCUT2D eigenvalue weighted by molar-refractivity contribution is 9.10. The van der Waals surface area contributed by atoms with E-state index in [1.54, 1.807) is 6.07 Å². The van der Waals surface area contributed by atoms with E-state index in [9.17, 15) is 4.39 Å². The van der Waals surface area contributed by atoms with E-state index in [4.69, 9.17) is 9.52 Å². The van der Waals surface area contributed by atoms with Crippen LogP contribution >= 0.6 is 15.9 Å². The summed E-state index contributed by atoms with van der Waals surface area (Å²) in [6.07, 6.45) is 1.22. The molecule has 0 bridgehead atoms. The van der Waals surface area contributed by atoms with Crippen molar-refractivity contribution < 1.29 is 13.9 Å². The molecule has 0 fully saturated rings. The summed E-state index contributed by atoms with van der Waals surface area (Å²) in [5, 5.41) is 8.98. The quantitative estimate of drug-likeness (QED) is 0.914. The van der Waals surface area contributed by atoms with Crippen molar-refractivity contribution in [2.75, 3.05) is 0 Å². The zero-order valence-electron chi connectivity index (χ0n) is 7.58. The van der Waals surface area contributed by atoms with Gasteiger partial charge in [0, 0.05) is 10.0 Å². The predicted molar refractivity (Wildman–Crippen MR) is 55.5 cm³/mol. The maximum atomic E-state index is 13.1. The molecule has 3 nitrogen and oxygen atoms in total. The van der Waals surface area contributed by atoms with Crippen LogP contribution in [0.2, 0.25) is 0 Å². The third-order valence-electron chi connectivity index (χ3n) is 1.92. The van der Waals surface area contributed by atoms with E-state index in [0.717, 1.165) is 0 Å². The lowest BCUT2D eigenvalue weighted by Crippen LogP contribution is -1.87. The monoisotopic (exact) mass is 271 g/mol. The Bertz CT molecular complexity index is 464. The summed E-state index contributed by atoms with van der Waals surface area (Å²) in [6.45, 7) is -0.236. The second-order valence-corrected chi connectivity index (χ2v) is 3.86. The molecule has 0 aliphatic carbocycles. The standard InChI is InChI=1S/C10H7BrFNO2/c11-7-1-6(2-8(12)3-7)10-9(4-14)13-5-15-10/h1-3,5,14H,4H2. The Kier molecular flexibility index (Phi) is 2.83. The zero-order chi connectivity index (χ0) is 10.8. The molecule has 78 valence electrons. The molecule has 15 heavy (non-hydrogen) atoms. The molecule has 0 aliphatic rings. The molecule has 1 aromatic carbocycles. The van der Waals surface area contributed by atoms with Gasteiger partial charge in [-0.1, -0.05) is 15.9 Å². The molecule has 0 aliphatic heterocycles. The minimum absolute atomic E-state index is 0.236. The number of halogens is 2. The first-order chi connectivity index (χ1) is 7.20. The van der Waals surface area contributed by atoms with Gasteiger partial charge in [0.15, 0.2) is 12.2 Å². The molecule has 0 atom stereocenters. The van der Waals surface area contributed by atoms with Gasteiger partial charge in [0.05, 0.1) is 6.61 Å². The minimum atomic E-state index is -0.375. The molecule has 0 amide bonds. The van der Waals surface area contributed by atoms with E-state index in [0.29, 0.717) is 21.5 Å². The maximum absolute atomic E-state index is 13.1. The SMILES string of the molecule is OCc1ncoc1-c1cc(F)cc(Br)c1. The highest BCUT2D eigenvalue weighted by Gasteiger charge is 2.11. The topological polar surface area (TPSA) is 46.3 Å². The van der Waals surface area contributed by atoms with Gasteiger partial charge in [-0.15, -0.1) is 0 Å². The average Bonchev–Trinajstić information content (AvgIpc) is 2.63. The van der Waals surface area contributed by atoms with Gasteiger partial charge < -0.3 is 9.52 Å². The summed E-state index contributed by atoms with van der Waals surface area (Å²) in [7, 11) is 0. The summed E-state index contributed by atoms with van der Waals surface area (Å²) in [5.74, 6) is 0.0114. The minimum Gasteiger partial charge on any atom is -0.443 e. The number of aromatic nitrogens is 1. The second kappa shape index (κ2) is 4.12. The van der Waals surface area contributed by atoms with Crippen LogP contribution in [0.25, 0.3) is 11.3 Å². The molecule has 0 saturated heterocycles. The van der Waals surface area contributed by atoms with E-state index in [1.165, 1.54) is 18.5 Å². The molecule has 1 N–H and O–H groups in total. The second-order valence-electron chi connectivity index (χ2n) is 2.94. The molecule has 0 radical (unpaired) electrons. The van der Waals surface area contributed by atoms with Crippen molar-refractivity contribution >= 4 is 15.9 Å². The van der Waals surface area contributed by atoms with Crippen LogP contribution in [0, 0.1) is 5.82 Å². The number of nitrogens with zero attached hydrogens (tertiary/aromatic N) is 1. The van der Waals surface area contributed by atoms with Gasteiger partial charge in [-0.2, -0.15) is 0 Å². The van der Waals surface area contributed by atoms with Crippen LogP contribution < -0.4 is 0 Å².